The van der Waals surface area contributed by atoms with Crippen LogP contribution in [0.3, 0.4) is 0 Å². The van der Waals surface area contributed by atoms with E-state index in [1.165, 1.54) is 16.7 Å². The maximum absolute atomic E-state index is 12.5. The van der Waals surface area contributed by atoms with Gasteiger partial charge in [0.2, 0.25) is 0 Å². The van der Waals surface area contributed by atoms with Gasteiger partial charge in [-0.1, -0.05) is 0 Å². The fourth-order valence-corrected chi connectivity index (χ4v) is 2.48. The first-order valence-corrected chi connectivity index (χ1v) is 8.38. The van der Waals surface area contributed by atoms with Gasteiger partial charge in [0, 0.05) is 13.1 Å². The van der Waals surface area contributed by atoms with Crippen molar-refractivity contribution in [2.45, 2.75) is 71.6 Å². The van der Waals surface area contributed by atoms with Crippen LogP contribution in [0.15, 0.2) is 0 Å². The molecular formula is C17H30N2O6. The summed E-state index contributed by atoms with van der Waals surface area (Å²) in [5.74, 6) is -1.20. The summed E-state index contributed by atoms with van der Waals surface area (Å²) in [5.41, 5.74) is -3.03. The second-order valence-electron chi connectivity index (χ2n) is 8.47. The molecule has 144 valence electrons. The molecule has 1 rings (SSSR count). The normalized spacial score (nSPS) is 22.2. The predicted octanol–water partition coefficient (Wildman–Crippen LogP) is 2.71. The number of nitrogens with zero attached hydrogens (tertiary/aromatic N) is 2. The Balaban J connectivity index is 3.07. The van der Waals surface area contributed by atoms with Gasteiger partial charge in [-0.3, -0.25) is 4.90 Å². The number of carboxylic acid groups (broad SMARTS) is 1. The highest BCUT2D eigenvalue weighted by Gasteiger charge is 2.48. The molecule has 1 fully saturated rings. The van der Waals surface area contributed by atoms with Crippen molar-refractivity contribution in [1.29, 1.82) is 0 Å². The average molecular weight is 358 g/mol. The van der Waals surface area contributed by atoms with Crippen molar-refractivity contribution in [3.63, 3.8) is 0 Å². The minimum atomic E-state index is -1.60. The van der Waals surface area contributed by atoms with Crippen molar-refractivity contribution >= 4 is 18.2 Å². The molecule has 0 aliphatic carbocycles. The summed E-state index contributed by atoms with van der Waals surface area (Å²) in [7, 11) is 0. The molecule has 0 aromatic carbocycles. The smallest absolute Gasteiger partial charge is 0.411 e. The molecule has 25 heavy (non-hydrogen) atoms. The molecule has 1 aliphatic rings. The Bertz CT molecular complexity index is 534. The Morgan fingerprint density at radius 1 is 0.920 bits per heavy atom. The summed E-state index contributed by atoms with van der Waals surface area (Å²) in [6.07, 6.45) is -0.865. The molecule has 1 heterocycles. The van der Waals surface area contributed by atoms with Gasteiger partial charge in [0.15, 0.2) is 5.54 Å². The zero-order valence-corrected chi connectivity index (χ0v) is 16.2. The largest absolute Gasteiger partial charge is 0.479 e. The van der Waals surface area contributed by atoms with Gasteiger partial charge >= 0.3 is 18.2 Å². The zero-order chi connectivity index (χ0) is 19.6. The molecule has 0 bridgehead atoms. The standard InChI is InChI=1S/C17H30N2O6/c1-15(2,3)24-13(22)18-9-8-10-19(14(23)25-16(4,5)6)17(7,11-18)12(20)21/h8-11H2,1-7H3,(H,20,21). The third kappa shape index (κ3) is 5.79. The van der Waals surface area contributed by atoms with E-state index in [1.54, 1.807) is 41.5 Å². The summed E-state index contributed by atoms with van der Waals surface area (Å²) in [5, 5.41) is 9.74. The number of carbonyl (C=O) groups excluding carboxylic acids is 2. The van der Waals surface area contributed by atoms with Crippen LogP contribution in [0.4, 0.5) is 9.59 Å². The fraction of sp³-hybridized carbons (Fsp3) is 0.824. The quantitative estimate of drug-likeness (QED) is 0.774. The van der Waals surface area contributed by atoms with E-state index in [-0.39, 0.29) is 13.1 Å². The van der Waals surface area contributed by atoms with Gasteiger partial charge in [0.25, 0.3) is 0 Å². The lowest BCUT2D eigenvalue weighted by Crippen LogP contribution is -2.60. The molecule has 1 N–H and O–H groups in total. The van der Waals surface area contributed by atoms with Crippen LogP contribution in [-0.4, -0.2) is 69.4 Å². The molecule has 8 nitrogen and oxygen atoms in total. The van der Waals surface area contributed by atoms with Crippen LogP contribution < -0.4 is 0 Å². The predicted molar refractivity (Wildman–Crippen MR) is 91.4 cm³/mol. The van der Waals surface area contributed by atoms with E-state index < -0.39 is 34.9 Å². The number of hydrogen-bond donors (Lipinski definition) is 1. The minimum Gasteiger partial charge on any atom is -0.479 e. The maximum Gasteiger partial charge on any atom is 0.411 e. The molecule has 2 amide bonds. The summed E-state index contributed by atoms with van der Waals surface area (Å²) < 4.78 is 10.7. The topological polar surface area (TPSA) is 96.4 Å². The number of rotatable bonds is 1. The van der Waals surface area contributed by atoms with Gasteiger partial charge in [0.05, 0.1) is 6.54 Å². The Hall–Kier alpha value is -1.99. The van der Waals surface area contributed by atoms with E-state index in [0.29, 0.717) is 13.0 Å². The third-order valence-corrected chi connectivity index (χ3v) is 3.63. The number of carbonyl (C=O) groups is 3. The van der Waals surface area contributed by atoms with Crippen molar-refractivity contribution in [1.82, 2.24) is 9.80 Å². The Morgan fingerprint density at radius 3 is 1.84 bits per heavy atom. The van der Waals surface area contributed by atoms with Crippen LogP contribution in [0.25, 0.3) is 0 Å². The lowest BCUT2D eigenvalue weighted by atomic mass is 10.0. The Labute approximate surface area is 149 Å². The van der Waals surface area contributed by atoms with Crippen molar-refractivity contribution in [2.75, 3.05) is 19.6 Å². The first kappa shape index (κ1) is 21.1. The van der Waals surface area contributed by atoms with Crippen LogP contribution in [0, 0.1) is 0 Å². The molecule has 0 aromatic heterocycles. The van der Waals surface area contributed by atoms with Crippen molar-refractivity contribution < 1.29 is 29.0 Å². The van der Waals surface area contributed by atoms with Crippen LogP contribution in [0.2, 0.25) is 0 Å². The first-order valence-electron chi connectivity index (χ1n) is 8.38. The third-order valence-electron chi connectivity index (χ3n) is 3.63. The van der Waals surface area contributed by atoms with Crippen molar-refractivity contribution in [2.24, 2.45) is 0 Å². The molecule has 0 saturated carbocycles. The molecule has 1 unspecified atom stereocenters. The molecule has 8 heteroatoms. The highest BCUT2D eigenvalue weighted by atomic mass is 16.6. The van der Waals surface area contributed by atoms with Crippen molar-refractivity contribution in [3.8, 4) is 0 Å². The van der Waals surface area contributed by atoms with E-state index in [9.17, 15) is 19.5 Å². The monoisotopic (exact) mass is 358 g/mol. The number of aliphatic carboxylic acids is 1. The van der Waals surface area contributed by atoms with Gasteiger partial charge in [-0.15, -0.1) is 0 Å². The minimum absolute atomic E-state index is 0.170. The molecule has 0 spiro atoms. The summed E-state index contributed by atoms with van der Waals surface area (Å²) >= 11 is 0. The number of hydrogen-bond acceptors (Lipinski definition) is 5. The summed E-state index contributed by atoms with van der Waals surface area (Å²) in [6, 6.07) is 0. The van der Waals surface area contributed by atoms with Crippen molar-refractivity contribution in [3.05, 3.63) is 0 Å². The number of carboxylic acids is 1. The van der Waals surface area contributed by atoms with Crippen LogP contribution >= 0.6 is 0 Å². The zero-order valence-electron chi connectivity index (χ0n) is 16.2. The highest BCUT2D eigenvalue weighted by Crippen LogP contribution is 2.25. The van der Waals surface area contributed by atoms with E-state index in [0.717, 1.165) is 0 Å². The molecule has 0 radical (unpaired) electrons. The van der Waals surface area contributed by atoms with Crippen LogP contribution in [-0.2, 0) is 14.3 Å². The summed E-state index contributed by atoms with van der Waals surface area (Å²) in [4.78, 5) is 39.3. The number of ether oxygens (including phenoxy) is 2. The maximum atomic E-state index is 12.5. The lowest BCUT2D eigenvalue weighted by molar-refractivity contribution is -0.150. The van der Waals surface area contributed by atoms with Gasteiger partial charge in [-0.2, -0.15) is 0 Å². The molecule has 1 saturated heterocycles. The van der Waals surface area contributed by atoms with E-state index in [4.69, 9.17) is 9.47 Å². The van der Waals surface area contributed by atoms with Gasteiger partial charge in [-0.25, -0.2) is 14.4 Å². The van der Waals surface area contributed by atoms with E-state index in [1.807, 2.05) is 0 Å². The van der Waals surface area contributed by atoms with Crippen LogP contribution in [0.1, 0.15) is 54.9 Å². The molecule has 1 aliphatic heterocycles. The Kier molecular flexibility index (Phi) is 5.97. The van der Waals surface area contributed by atoms with Gasteiger partial charge < -0.3 is 19.5 Å². The fourth-order valence-electron chi connectivity index (χ4n) is 2.48. The van der Waals surface area contributed by atoms with Crippen LogP contribution in [0.5, 0.6) is 0 Å². The Morgan fingerprint density at radius 2 is 1.40 bits per heavy atom. The van der Waals surface area contributed by atoms with Gasteiger partial charge in [-0.05, 0) is 54.9 Å². The summed E-state index contributed by atoms with van der Waals surface area (Å²) in [6.45, 7) is 12.1. The highest BCUT2D eigenvalue weighted by molar-refractivity contribution is 5.85. The van der Waals surface area contributed by atoms with E-state index in [2.05, 4.69) is 0 Å². The lowest BCUT2D eigenvalue weighted by Gasteiger charge is -2.38. The first-order chi connectivity index (χ1) is 11.2. The molecule has 1 atom stereocenters. The van der Waals surface area contributed by atoms with E-state index >= 15 is 0 Å². The van der Waals surface area contributed by atoms with Gasteiger partial charge in [0.1, 0.15) is 11.2 Å². The second-order valence-corrected chi connectivity index (χ2v) is 8.47. The number of amides is 2. The second kappa shape index (κ2) is 7.09. The molecule has 0 aromatic rings. The average Bonchev–Trinajstić information content (AvgIpc) is 2.55. The molecular weight excluding hydrogens is 328 g/mol. The SMILES string of the molecule is CC(C)(C)OC(=O)N1CCCN(C(=O)OC(C)(C)C)C(C)(C(=O)O)C1.